The summed E-state index contributed by atoms with van der Waals surface area (Å²) in [4.78, 5) is 11.1. The lowest BCUT2D eigenvalue weighted by Gasteiger charge is -2.07. The van der Waals surface area contributed by atoms with E-state index in [4.69, 9.17) is 0 Å². The number of hydrogen-bond donors (Lipinski definition) is 0. The molecule has 0 aromatic heterocycles. The molecule has 19 heavy (non-hydrogen) atoms. The molecule has 0 heterocycles. The van der Waals surface area contributed by atoms with Gasteiger partial charge in [-0.2, -0.15) is 0 Å². The van der Waals surface area contributed by atoms with E-state index in [0.717, 1.165) is 24.8 Å². The number of rotatable bonds is 5. The van der Waals surface area contributed by atoms with Crippen molar-refractivity contribution in [3.05, 3.63) is 47.0 Å². The Labute approximate surface area is 116 Å². The number of carbonyl (C=O) groups excluding carboxylic acids is 1. The largest absolute Gasteiger partial charge is 0.300 e. The van der Waals surface area contributed by atoms with E-state index in [9.17, 15) is 4.79 Å². The molecule has 0 amide bonds. The number of allylic oxidation sites excluding steroid dienone is 2. The van der Waals surface area contributed by atoms with Crippen LogP contribution in [0.3, 0.4) is 0 Å². The second-order valence-electron chi connectivity index (χ2n) is 4.61. The number of ketones is 1. The second kappa shape index (κ2) is 8.32. The van der Waals surface area contributed by atoms with E-state index in [2.05, 4.69) is 25.7 Å². The van der Waals surface area contributed by atoms with Gasteiger partial charge in [0.05, 0.1) is 0 Å². The molecule has 0 aliphatic carbocycles. The van der Waals surface area contributed by atoms with Crippen molar-refractivity contribution in [2.75, 3.05) is 0 Å². The van der Waals surface area contributed by atoms with Crippen molar-refractivity contribution < 1.29 is 4.79 Å². The van der Waals surface area contributed by atoms with Crippen molar-refractivity contribution in [2.24, 2.45) is 0 Å². The Morgan fingerprint density at radius 1 is 1.05 bits per heavy atom. The molecule has 0 aliphatic heterocycles. The highest BCUT2D eigenvalue weighted by Gasteiger charge is 2.03. The van der Waals surface area contributed by atoms with Crippen LogP contribution in [0.4, 0.5) is 0 Å². The first-order valence-corrected chi connectivity index (χ1v) is 6.94. The van der Waals surface area contributed by atoms with Crippen molar-refractivity contribution in [1.82, 2.24) is 0 Å². The van der Waals surface area contributed by atoms with E-state index >= 15 is 0 Å². The second-order valence-corrected chi connectivity index (χ2v) is 4.61. The fraction of sp³-hybridized carbons (Fsp3) is 0.389. The highest BCUT2D eigenvalue weighted by molar-refractivity contribution is 5.75. The normalized spacial score (nSPS) is 11.3. The maximum absolute atomic E-state index is 11.1. The molecular formula is C18H22O. The molecule has 0 bridgehead atoms. The van der Waals surface area contributed by atoms with E-state index in [1.165, 1.54) is 11.1 Å². The first-order chi connectivity index (χ1) is 9.17. The molecule has 0 atom stereocenters. The van der Waals surface area contributed by atoms with Gasteiger partial charge in [0.25, 0.3) is 0 Å². The molecule has 0 spiro atoms. The van der Waals surface area contributed by atoms with E-state index < -0.39 is 0 Å². The third kappa shape index (κ3) is 5.57. The summed E-state index contributed by atoms with van der Waals surface area (Å²) < 4.78 is 0. The van der Waals surface area contributed by atoms with Gasteiger partial charge in [0.1, 0.15) is 5.78 Å². The van der Waals surface area contributed by atoms with Gasteiger partial charge < -0.3 is 4.79 Å². The van der Waals surface area contributed by atoms with Gasteiger partial charge in [0.15, 0.2) is 0 Å². The average molecular weight is 254 g/mol. The SMILES string of the molecule is CC/C(C#Cc1ccccc1)=C(\CC)CCC(C)=O. The Kier molecular flexibility index (Phi) is 6.68. The number of carbonyl (C=O) groups is 1. The van der Waals surface area contributed by atoms with E-state index in [-0.39, 0.29) is 5.78 Å². The van der Waals surface area contributed by atoms with E-state index in [0.29, 0.717) is 6.42 Å². The molecule has 0 N–H and O–H groups in total. The molecule has 0 radical (unpaired) electrons. The molecular weight excluding hydrogens is 232 g/mol. The molecule has 1 nitrogen and oxygen atoms in total. The summed E-state index contributed by atoms with van der Waals surface area (Å²) in [6, 6.07) is 10.0. The first-order valence-electron chi connectivity index (χ1n) is 6.94. The van der Waals surface area contributed by atoms with Gasteiger partial charge in [-0.05, 0) is 38.3 Å². The predicted octanol–water partition coefficient (Wildman–Crippen LogP) is 4.52. The Morgan fingerprint density at radius 2 is 1.74 bits per heavy atom. The lowest BCUT2D eigenvalue weighted by Crippen LogP contribution is -1.95. The zero-order valence-corrected chi connectivity index (χ0v) is 12.1. The fourth-order valence-electron chi connectivity index (χ4n) is 1.96. The molecule has 0 saturated heterocycles. The van der Waals surface area contributed by atoms with Crippen LogP contribution in [-0.4, -0.2) is 5.78 Å². The van der Waals surface area contributed by atoms with Gasteiger partial charge in [0, 0.05) is 17.6 Å². The molecule has 0 aliphatic rings. The van der Waals surface area contributed by atoms with Crippen LogP contribution in [0.15, 0.2) is 41.5 Å². The van der Waals surface area contributed by atoms with Gasteiger partial charge in [0.2, 0.25) is 0 Å². The van der Waals surface area contributed by atoms with Crippen LogP contribution in [0.1, 0.15) is 52.0 Å². The number of Topliss-reactive ketones (excluding diaryl/α,β-unsaturated/α-hetero) is 1. The standard InChI is InChI=1S/C18H22O/c1-4-17(13-11-15(3)19)18(5-2)14-12-16-9-7-6-8-10-16/h6-10H,4-5,11,13H2,1-3H3/b18-17-. The first kappa shape index (κ1) is 15.2. The molecule has 1 aromatic carbocycles. The smallest absolute Gasteiger partial charge is 0.130 e. The molecule has 0 saturated carbocycles. The maximum atomic E-state index is 11.1. The summed E-state index contributed by atoms with van der Waals surface area (Å²) in [5.74, 6) is 6.73. The zero-order chi connectivity index (χ0) is 14.1. The monoisotopic (exact) mass is 254 g/mol. The molecule has 0 unspecified atom stereocenters. The highest BCUT2D eigenvalue weighted by Crippen LogP contribution is 2.17. The quantitative estimate of drug-likeness (QED) is 0.706. The summed E-state index contributed by atoms with van der Waals surface area (Å²) in [6.07, 6.45) is 3.37. The van der Waals surface area contributed by atoms with Crippen molar-refractivity contribution in [3.8, 4) is 11.8 Å². The van der Waals surface area contributed by atoms with Gasteiger partial charge in [-0.3, -0.25) is 0 Å². The van der Waals surface area contributed by atoms with Crippen molar-refractivity contribution in [2.45, 2.75) is 46.5 Å². The van der Waals surface area contributed by atoms with Crippen molar-refractivity contribution >= 4 is 5.78 Å². The van der Waals surface area contributed by atoms with Gasteiger partial charge in [-0.1, -0.05) is 49.5 Å². The molecule has 0 fully saturated rings. The highest BCUT2D eigenvalue weighted by atomic mass is 16.1. The third-order valence-electron chi connectivity index (χ3n) is 3.12. The van der Waals surface area contributed by atoms with Crippen molar-refractivity contribution in [3.63, 3.8) is 0 Å². The number of hydrogen-bond acceptors (Lipinski definition) is 1. The van der Waals surface area contributed by atoms with Crippen LogP contribution in [-0.2, 0) is 4.79 Å². The third-order valence-corrected chi connectivity index (χ3v) is 3.12. The average Bonchev–Trinajstić information content (AvgIpc) is 2.43. The summed E-state index contributed by atoms with van der Waals surface area (Å²) in [5, 5.41) is 0. The topological polar surface area (TPSA) is 17.1 Å². The predicted molar refractivity (Wildman–Crippen MR) is 80.8 cm³/mol. The summed E-state index contributed by atoms with van der Waals surface area (Å²) >= 11 is 0. The summed E-state index contributed by atoms with van der Waals surface area (Å²) in [5.41, 5.74) is 3.55. The Bertz CT molecular complexity index is 497. The minimum atomic E-state index is 0.248. The van der Waals surface area contributed by atoms with Gasteiger partial charge in [-0.25, -0.2) is 0 Å². The summed E-state index contributed by atoms with van der Waals surface area (Å²) in [7, 11) is 0. The Hall–Kier alpha value is -1.81. The maximum Gasteiger partial charge on any atom is 0.130 e. The number of benzene rings is 1. The van der Waals surface area contributed by atoms with E-state index in [1.54, 1.807) is 6.92 Å². The lowest BCUT2D eigenvalue weighted by molar-refractivity contribution is -0.116. The Morgan fingerprint density at radius 3 is 2.26 bits per heavy atom. The Balaban J connectivity index is 2.91. The van der Waals surface area contributed by atoms with Gasteiger partial charge >= 0.3 is 0 Å². The lowest BCUT2D eigenvalue weighted by atomic mass is 9.98. The fourth-order valence-corrected chi connectivity index (χ4v) is 1.96. The molecule has 100 valence electrons. The molecule has 1 heteroatoms. The van der Waals surface area contributed by atoms with Crippen LogP contribution in [0, 0.1) is 11.8 Å². The molecule has 1 aromatic rings. The summed E-state index contributed by atoms with van der Waals surface area (Å²) in [6.45, 7) is 5.91. The van der Waals surface area contributed by atoms with Crippen LogP contribution in [0.5, 0.6) is 0 Å². The minimum absolute atomic E-state index is 0.248. The van der Waals surface area contributed by atoms with Crippen molar-refractivity contribution in [1.29, 1.82) is 0 Å². The van der Waals surface area contributed by atoms with Crippen LogP contribution in [0.2, 0.25) is 0 Å². The van der Waals surface area contributed by atoms with Gasteiger partial charge in [-0.15, -0.1) is 0 Å². The van der Waals surface area contributed by atoms with Crippen LogP contribution in [0.25, 0.3) is 0 Å². The minimum Gasteiger partial charge on any atom is -0.300 e. The van der Waals surface area contributed by atoms with Crippen LogP contribution < -0.4 is 0 Å². The van der Waals surface area contributed by atoms with E-state index in [1.807, 2.05) is 30.3 Å². The molecule has 1 rings (SSSR count). The van der Waals surface area contributed by atoms with Crippen LogP contribution >= 0.6 is 0 Å². The zero-order valence-electron chi connectivity index (χ0n) is 12.1.